The molecule has 452 valence electrons. The lowest BCUT2D eigenvalue weighted by atomic mass is 10.0. The van der Waals surface area contributed by atoms with E-state index in [4.69, 9.17) is 4.74 Å². The van der Waals surface area contributed by atoms with Crippen molar-refractivity contribution in [2.45, 2.75) is 379 Å². The summed E-state index contributed by atoms with van der Waals surface area (Å²) in [6.45, 7) is 4.90. The van der Waals surface area contributed by atoms with Crippen molar-refractivity contribution in [2.75, 3.05) is 13.2 Å². The zero-order valence-electron chi connectivity index (χ0n) is 51.7. The van der Waals surface area contributed by atoms with Crippen molar-refractivity contribution < 1.29 is 24.5 Å². The average molecular weight is 1080 g/mol. The van der Waals surface area contributed by atoms with Crippen LogP contribution in [0.25, 0.3) is 0 Å². The van der Waals surface area contributed by atoms with Crippen LogP contribution in [-0.2, 0) is 14.3 Å². The molecule has 3 N–H and O–H groups in total. The second-order valence-corrected chi connectivity index (χ2v) is 23.5. The van der Waals surface area contributed by atoms with Gasteiger partial charge in [-0.1, -0.05) is 319 Å². The van der Waals surface area contributed by atoms with Crippen LogP contribution in [0.4, 0.5) is 0 Å². The Morgan fingerprint density at radius 3 is 1.04 bits per heavy atom. The van der Waals surface area contributed by atoms with E-state index < -0.39 is 12.1 Å². The third kappa shape index (κ3) is 62.9. The molecular weight excluding hydrogens is 947 g/mol. The number of hydrogen-bond donors (Lipinski definition) is 3. The van der Waals surface area contributed by atoms with Crippen molar-refractivity contribution in [1.82, 2.24) is 5.32 Å². The number of nitrogens with one attached hydrogen (secondary N) is 1. The minimum Gasteiger partial charge on any atom is -0.466 e. The number of aliphatic hydroxyl groups excluding tert-OH is 2. The van der Waals surface area contributed by atoms with E-state index in [1.165, 1.54) is 270 Å². The number of hydrogen-bond acceptors (Lipinski definition) is 5. The fourth-order valence-corrected chi connectivity index (χ4v) is 10.6. The minimum atomic E-state index is -0.673. The summed E-state index contributed by atoms with van der Waals surface area (Å²) in [6.07, 6.45) is 85.7. The fourth-order valence-electron chi connectivity index (χ4n) is 10.6. The van der Waals surface area contributed by atoms with Crippen LogP contribution >= 0.6 is 0 Å². The molecule has 0 saturated carbocycles. The van der Waals surface area contributed by atoms with E-state index in [9.17, 15) is 19.8 Å². The summed E-state index contributed by atoms with van der Waals surface area (Å²) in [5.74, 6) is -0.0503. The van der Waals surface area contributed by atoms with E-state index in [1.54, 1.807) is 0 Å². The van der Waals surface area contributed by atoms with Gasteiger partial charge >= 0.3 is 5.97 Å². The molecule has 2 atom stereocenters. The van der Waals surface area contributed by atoms with Gasteiger partial charge < -0.3 is 20.3 Å². The lowest BCUT2D eigenvalue weighted by molar-refractivity contribution is -0.143. The molecule has 0 aliphatic carbocycles. The number of amides is 1. The lowest BCUT2D eigenvalue weighted by Gasteiger charge is -2.22. The molecule has 0 bridgehead atoms. The summed E-state index contributed by atoms with van der Waals surface area (Å²) in [4.78, 5) is 24.6. The molecule has 2 unspecified atom stereocenters. The Morgan fingerprint density at radius 2 is 0.675 bits per heavy atom. The molecule has 0 radical (unpaired) electrons. The number of carbonyl (C=O) groups excluding carboxylic acids is 2. The first-order valence-electron chi connectivity index (χ1n) is 34.4. The Morgan fingerprint density at radius 1 is 0.364 bits per heavy atom. The molecule has 6 nitrogen and oxygen atoms in total. The van der Waals surface area contributed by atoms with Gasteiger partial charge in [-0.2, -0.15) is 0 Å². The van der Waals surface area contributed by atoms with E-state index in [0.29, 0.717) is 25.9 Å². The molecule has 1 amide bonds. The lowest BCUT2D eigenvalue weighted by Crippen LogP contribution is -2.45. The van der Waals surface area contributed by atoms with Crippen LogP contribution in [0.2, 0.25) is 0 Å². The quantitative estimate of drug-likeness (QED) is 0.0320. The molecule has 0 fully saturated rings. The SMILES string of the molecule is CCC/C=C\C/C=C\CCCCCCCC(=O)OCCCCCCCCCCC/C=C\C/C=C\CCCCCCCCCC(=O)NC(CO)C(O)CCCCCCCCCCCCCCCCCCCCCCCCCC. The van der Waals surface area contributed by atoms with Crippen LogP contribution in [0.15, 0.2) is 48.6 Å². The van der Waals surface area contributed by atoms with Gasteiger partial charge in [-0.15, -0.1) is 0 Å². The van der Waals surface area contributed by atoms with Gasteiger partial charge in [-0.05, 0) is 83.5 Å². The number of rotatable bonds is 64. The Labute approximate surface area is 480 Å². The van der Waals surface area contributed by atoms with Gasteiger partial charge in [0.2, 0.25) is 5.91 Å². The molecule has 0 spiro atoms. The highest BCUT2D eigenvalue weighted by molar-refractivity contribution is 5.76. The molecule has 6 heteroatoms. The van der Waals surface area contributed by atoms with Gasteiger partial charge in [-0.3, -0.25) is 9.59 Å². The smallest absolute Gasteiger partial charge is 0.305 e. The standard InChI is InChI=1S/C71H133NO5/c1-3-5-7-9-11-13-15-17-18-19-20-21-22-24-27-30-33-36-40-43-47-51-55-59-63-69(74)68(67-73)72-70(75)64-60-56-52-48-44-41-37-34-31-28-25-23-26-29-32-35-38-42-46-50-54-58-62-66-77-71(76)65-61-57-53-49-45-39-16-14-12-10-8-6-4-2/h8,10,14,16,23,26,28,31,68-69,73-74H,3-7,9,11-13,15,17-22,24-25,27,29-30,32-67H2,1-2H3,(H,72,75)/b10-8-,16-14-,26-23-,31-28-. The topological polar surface area (TPSA) is 95.9 Å². The first-order chi connectivity index (χ1) is 38.0. The fraction of sp³-hybridized carbons (Fsp3) is 0.859. The monoisotopic (exact) mass is 1080 g/mol. The Hall–Kier alpha value is -2.18. The van der Waals surface area contributed by atoms with Crippen LogP contribution in [0, 0.1) is 0 Å². The van der Waals surface area contributed by atoms with Crippen LogP contribution < -0.4 is 5.32 Å². The Kier molecular flexibility index (Phi) is 64.5. The molecule has 0 aliphatic rings. The predicted molar refractivity (Wildman–Crippen MR) is 338 cm³/mol. The number of aliphatic hydroxyl groups is 2. The van der Waals surface area contributed by atoms with Gasteiger partial charge in [0.05, 0.1) is 25.4 Å². The van der Waals surface area contributed by atoms with Crippen molar-refractivity contribution in [1.29, 1.82) is 0 Å². The van der Waals surface area contributed by atoms with E-state index >= 15 is 0 Å². The molecule has 0 aromatic carbocycles. The Balaban J connectivity index is 3.45. The number of ether oxygens (including phenoxy) is 1. The van der Waals surface area contributed by atoms with E-state index in [-0.39, 0.29) is 18.5 Å². The van der Waals surface area contributed by atoms with Crippen LogP contribution in [-0.4, -0.2) is 47.4 Å². The van der Waals surface area contributed by atoms with Gasteiger partial charge in [0.25, 0.3) is 0 Å². The molecule has 0 aromatic heterocycles. The van der Waals surface area contributed by atoms with E-state index in [2.05, 4.69) is 67.8 Å². The summed E-state index contributed by atoms with van der Waals surface area (Å²) in [5, 5.41) is 23.4. The summed E-state index contributed by atoms with van der Waals surface area (Å²) < 4.78 is 5.47. The maximum absolute atomic E-state index is 12.5. The van der Waals surface area contributed by atoms with Crippen molar-refractivity contribution >= 4 is 11.9 Å². The maximum atomic E-state index is 12.5. The molecule has 0 saturated heterocycles. The molecule has 77 heavy (non-hydrogen) atoms. The van der Waals surface area contributed by atoms with Crippen LogP contribution in [0.1, 0.15) is 367 Å². The van der Waals surface area contributed by atoms with Crippen LogP contribution in [0.5, 0.6) is 0 Å². The first kappa shape index (κ1) is 74.8. The van der Waals surface area contributed by atoms with Crippen molar-refractivity contribution in [3.8, 4) is 0 Å². The maximum Gasteiger partial charge on any atom is 0.305 e. The van der Waals surface area contributed by atoms with E-state index in [1.807, 2.05) is 0 Å². The van der Waals surface area contributed by atoms with Crippen molar-refractivity contribution in [2.24, 2.45) is 0 Å². The van der Waals surface area contributed by atoms with Gasteiger partial charge in [0, 0.05) is 12.8 Å². The predicted octanol–water partition coefficient (Wildman–Crippen LogP) is 22.1. The Bertz CT molecular complexity index is 1290. The summed E-state index contributed by atoms with van der Waals surface area (Å²) >= 11 is 0. The van der Waals surface area contributed by atoms with E-state index in [0.717, 1.165) is 64.2 Å². The number of unbranched alkanes of at least 4 members (excludes halogenated alkanes) is 45. The second-order valence-electron chi connectivity index (χ2n) is 23.5. The molecule has 0 aromatic rings. The average Bonchev–Trinajstić information content (AvgIpc) is 3.43. The van der Waals surface area contributed by atoms with Crippen molar-refractivity contribution in [3.63, 3.8) is 0 Å². The number of carbonyl (C=O) groups is 2. The highest BCUT2D eigenvalue weighted by Crippen LogP contribution is 2.18. The minimum absolute atomic E-state index is 0.00812. The third-order valence-electron chi connectivity index (χ3n) is 15.8. The number of allylic oxidation sites excluding steroid dienone is 8. The molecular formula is C71H133NO5. The summed E-state index contributed by atoms with van der Waals surface area (Å²) in [7, 11) is 0. The summed E-state index contributed by atoms with van der Waals surface area (Å²) in [6, 6.07) is -0.552. The zero-order valence-corrected chi connectivity index (χ0v) is 51.7. The van der Waals surface area contributed by atoms with Crippen LogP contribution in [0.3, 0.4) is 0 Å². The largest absolute Gasteiger partial charge is 0.466 e. The second kappa shape index (κ2) is 66.3. The van der Waals surface area contributed by atoms with Gasteiger partial charge in [0.15, 0.2) is 0 Å². The third-order valence-corrected chi connectivity index (χ3v) is 15.8. The summed E-state index contributed by atoms with van der Waals surface area (Å²) in [5.41, 5.74) is 0. The number of esters is 1. The molecule has 0 heterocycles. The molecule has 0 rings (SSSR count). The normalized spacial score (nSPS) is 12.8. The van der Waals surface area contributed by atoms with Gasteiger partial charge in [0.1, 0.15) is 0 Å². The zero-order chi connectivity index (χ0) is 55.7. The molecule has 0 aliphatic heterocycles. The first-order valence-corrected chi connectivity index (χ1v) is 34.4. The van der Waals surface area contributed by atoms with Gasteiger partial charge in [-0.25, -0.2) is 0 Å². The highest BCUT2D eigenvalue weighted by Gasteiger charge is 2.20. The van der Waals surface area contributed by atoms with Crippen molar-refractivity contribution in [3.05, 3.63) is 48.6 Å². The highest BCUT2D eigenvalue weighted by atomic mass is 16.5.